The molecule has 0 aliphatic heterocycles. The molecule has 0 aliphatic carbocycles. The summed E-state index contributed by atoms with van der Waals surface area (Å²) >= 11 is 0. The number of benzene rings is 5. The van der Waals surface area contributed by atoms with Crippen molar-refractivity contribution in [3.63, 3.8) is 0 Å². The standard InChI is InChI=1S/C30H21N/c1-3-10-21(11-4-1)23-18-24(22-12-5-2-6-13-22)20-25(19-23)26-15-9-16-28-27-14-7-8-17-29(27)31-30(26)28/h1-20,31H/i7D,8D,14D,17D. The summed E-state index contributed by atoms with van der Waals surface area (Å²) in [7, 11) is 0. The molecule has 0 saturated heterocycles. The molecule has 1 heteroatoms. The third kappa shape index (κ3) is 3.12. The van der Waals surface area contributed by atoms with E-state index >= 15 is 0 Å². The molecule has 146 valence electrons. The third-order valence-corrected chi connectivity index (χ3v) is 5.73. The fourth-order valence-electron chi connectivity index (χ4n) is 4.25. The van der Waals surface area contributed by atoms with Gasteiger partial charge in [0, 0.05) is 21.9 Å². The normalized spacial score (nSPS) is 13.0. The Labute approximate surface area is 187 Å². The van der Waals surface area contributed by atoms with E-state index in [1.807, 2.05) is 54.6 Å². The Morgan fingerprint density at radius 3 is 1.81 bits per heavy atom. The molecule has 31 heavy (non-hydrogen) atoms. The SMILES string of the molecule is [2H]c1c([2H])c([2H])c2c([nH]c3c(-c4cc(-c5ccccc5)cc(-c5ccccc5)c4)cccc32)c1[2H]. The summed E-state index contributed by atoms with van der Waals surface area (Å²) in [6.07, 6.45) is 0. The molecular formula is C30H21N. The number of hydrogen-bond acceptors (Lipinski definition) is 0. The van der Waals surface area contributed by atoms with E-state index in [9.17, 15) is 0 Å². The Morgan fingerprint density at radius 1 is 0.516 bits per heavy atom. The van der Waals surface area contributed by atoms with Crippen LogP contribution in [0.4, 0.5) is 0 Å². The van der Waals surface area contributed by atoms with Crippen LogP contribution < -0.4 is 0 Å². The summed E-state index contributed by atoms with van der Waals surface area (Å²) in [5.41, 5.74) is 7.63. The highest BCUT2D eigenvalue weighted by Gasteiger charge is 2.12. The summed E-state index contributed by atoms with van der Waals surface area (Å²) in [6, 6.07) is 32.4. The summed E-state index contributed by atoms with van der Waals surface area (Å²) in [5.74, 6) is 0. The Bertz CT molecular complexity index is 1660. The summed E-state index contributed by atoms with van der Waals surface area (Å²) in [5, 5.41) is 1.31. The zero-order chi connectivity index (χ0) is 24.1. The van der Waals surface area contributed by atoms with Crippen LogP contribution in [0.25, 0.3) is 55.2 Å². The maximum Gasteiger partial charge on any atom is 0.0645 e. The van der Waals surface area contributed by atoms with Crippen LogP contribution in [-0.2, 0) is 0 Å². The third-order valence-electron chi connectivity index (χ3n) is 5.73. The van der Waals surface area contributed by atoms with Gasteiger partial charge in [-0.3, -0.25) is 0 Å². The predicted molar refractivity (Wildman–Crippen MR) is 132 cm³/mol. The monoisotopic (exact) mass is 399 g/mol. The highest BCUT2D eigenvalue weighted by Crippen LogP contribution is 2.37. The molecule has 0 bridgehead atoms. The molecule has 0 atom stereocenters. The number of nitrogens with one attached hydrogen (secondary N) is 1. The lowest BCUT2D eigenvalue weighted by Crippen LogP contribution is -1.87. The average molecular weight is 400 g/mol. The summed E-state index contributed by atoms with van der Waals surface area (Å²) in [6.45, 7) is 0. The van der Waals surface area contributed by atoms with E-state index in [4.69, 9.17) is 5.48 Å². The maximum atomic E-state index is 8.48. The molecule has 5 aromatic carbocycles. The van der Waals surface area contributed by atoms with Crippen LogP contribution in [0, 0.1) is 0 Å². The molecule has 1 aromatic heterocycles. The Kier molecular flexibility index (Phi) is 3.30. The van der Waals surface area contributed by atoms with Gasteiger partial charge in [0.05, 0.1) is 11.0 Å². The zero-order valence-corrected chi connectivity index (χ0v) is 16.7. The van der Waals surface area contributed by atoms with Gasteiger partial charge >= 0.3 is 0 Å². The number of aromatic amines is 1. The van der Waals surface area contributed by atoms with Gasteiger partial charge in [-0.15, -0.1) is 0 Å². The molecular weight excluding hydrogens is 374 g/mol. The van der Waals surface area contributed by atoms with Crippen molar-refractivity contribution in [2.24, 2.45) is 0 Å². The second-order valence-electron chi connectivity index (χ2n) is 7.63. The minimum Gasteiger partial charge on any atom is -0.354 e. The van der Waals surface area contributed by atoms with Crippen molar-refractivity contribution in [1.82, 2.24) is 4.98 Å². The maximum absolute atomic E-state index is 8.48. The van der Waals surface area contributed by atoms with Crippen LogP contribution in [0.1, 0.15) is 5.48 Å². The van der Waals surface area contributed by atoms with Crippen molar-refractivity contribution in [1.29, 1.82) is 0 Å². The molecule has 0 radical (unpaired) electrons. The molecule has 1 N–H and O–H groups in total. The van der Waals surface area contributed by atoms with Crippen molar-refractivity contribution in [2.45, 2.75) is 0 Å². The molecule has 0 saturated carbocycles. The van der Waals surface area contributed by atoms with Crippen LogP contribution in [0.5, 0.6) is 0 Å². The van der Waals surface area contributed by atoms with Crippen molar-refractivity contribution in [3.05, 3.63) is 121 Å². The number of hydrogen-bond donors (Lipinski definition) is 1. The fourth-order valence-corrected chi connectivity index (χ4v) is 4.25. The Balaban J connectivity index is 1.66. The van der Waals surface area contributed by atoms with Crippen LogP contribution in [0.3, 0.4) is 0 Å². The quantitative estimate of drug-likeness (QED) is 0.308. The fraction of sp³-hybridized carbons (Fsp3) is 0. The predicted octanol–water partition coefficient (Wildman–Crippen LogP) is 8.32. The van der Waals surface area contributed by atoms with E-state index in [0.29, 0.717) is 10.9 Å². The van der Waals surface area contributed by atoms with E-state index in [-0.39, 0.29) is 24.2 Å². The molecule has 0 spiro atoms. The molecule has 0 amide bonds. The smallest absolute Gasteiger partial charge is 0.0645 e. The van der Waals surface area contributed by atoms with Gasteiger partial charge in [0.25, 0.3) is 0 Å². The van der Waals surface area contributed by atoms with Gasteiger partial charge < -0.3 is 4.98 Å². The number of para-hydroxylation sites is 2. The lowest BCUT2D eigenvalue weighted by Gasteiger charge is -2.12. The van der Waals surface area contributed by atoms with Gasteiger partial charge in [0.2, 0.25) is 0 Å². The molecule has 0 aliphatic rings. The molecule has 1 nitrogen and oxygen atoms in total. The van der Waals surface area contributed by atoms with Crippen molar-refractivity contribution in [3.8, 4) is 33.4 Å². The van der Waals surface area contributed by atoms with Crippen molar-refractivity contribution in [2.75, 3.05) is 0 Å². The number of fused-ring (bicyclic) bond motifs is 3. The van der Waals surface area contributed by atoms with Crippen LogP contribution in [0.15, 0.2) is 121 Å². The van der Waals surface area contributed by atoms with E-state index < -0.39 is 0 Å². The first-order valence-corrected chi connectivity index (χ1v) is 10.3. The summed E-state index contributed by atoms with van der Waals surface area (Å²) < 4.78 is 33.1. The van der Waals surface area contributed by atoms with E-state index in [0.717, 1.165) is 44.3 Å². The van der Waals surface area contributed by atoms with Crippen LogP contribution in [-0.4, -0.2) is 4.98 Å². The van der Waals surface area contributed by atoms with Gasteiger partial charge in [0.15, 0.2) is 0 Å². The van der Waals surface area contributed by atoms with Gasteiger partial charge in [-0.1, -0.05) is 97.0 Å². The van der Waals surface area contributed by atoms with Gasteiger partial charge in [-0.05, 0) is 52.1 Å². The minimum atomic E-state index is -0.229. The van der Waals surface area contributed by atoms with E-state index in [1.165, 1.54) is 0 Å². The van der Waals surface area contributed by atoms with Gasteiger partial charge in [-0.2, -0.15) is 0 Å². The topological polar surface area (TPSA) is 15.8 Å². The van der Waals surface area contributed by atoms with Crippen LogP contribution >= 0.6 is 0 Å². The first-order chi connectivity index (χ1) is 17.0. The Morgan fingerprint density at radius 2 is 1.13 bits per heavy atom. The molecule has 0 unspecified atom stereocenters. The highest BCUT2D eigenvalue weighted by molar-refractivity contribution is 6.12. The molecule has 6 aromatic rings. The first kappa shape index (κ1) is 14.0. The van der Waals surface area contributed by atoms with Gasteiger partial charge in [0.1, 0.15) is 0 Å². The average Bonchev–Trinajstić information content (AvgIpc) is 3.31. The second-order valence-corrected chi connectivity index (χ2v) is 7.63. The lowest BCUT2D eigenvalue weighted by molar-refractivity contribution is 1.53. The highest BCUT2D eigenvalue weighted by atomic mass is 14.7. The van der Waals surface area contributed by atoms with Gasteiger partial charge in [-0.25, -0.2) is 0 Å². The number of aromatic nitrogens is 1. The van der Waals surface area contributed by atoms with Crippen molar-refractivity contribution >= 4 is 21.8 Å². The largest absolute Gasteiger partial charge is 0.354 e. The molecule has 6 rings (SSSR count). The Hall–Kier alpha value is -4.10. The van der Waals surface area contributed by atoms with E-state index in [1.54, 1.807) is 0 Å². The van der Waals surface area contributed by atoms with Crippen LogP contribution in [0.2, 0.25) is 0 Å². The molecule has 0 fully saturated rings. The summed E-state index contributed by atoms with van der Waals surface area (Å²) in [4.78, 5) is 3.33. The first-order valence-electron chi connectivity index (χ1n) is 12.3. The lowest BCUT2D eigenvalue weighted by atomic mass is 9.92. The second kappa shape index (κ2) is 7.30. The molecule has 1 heterocycles. The van der Waals surface area contributed by atoms with Crippen molar-refractivity contribution < 1.29 is 5.48 Å². The number of rotatable bonds is 3. The number of H-pyrrole nitrogens is 1. The minimum absolute atomic E-state index is 0.0209. The van der Waals surface area contributed by atoms with E-state index in [2.05, 4.69) is 47.4 Å². The zero-order valence-electron chi connectivity index (χ0n) is 20.7.